The van der Waals surface area contributed by atoms with Gasteiger partial charge in [0.05, 0.1) is 15.9 Å². The van der Waals surface area contributed by atoms with E-state index in [0.29, 0.717) is 15.9 Å². The maximum atomic E-state index is 11.4. The third-order valence-corrected chi connectivity index (χ3v) is 2.37. The minimum absolute atomic E-state index is 0.369. The van der Waals surface area contributed by atoms with Crippen molar-refractivity contribution in [3.63, 3.8) is 0 Å². The van der Waals surface area contributed by atoms with Gasteiger partial charge in [-0.3, -0.25) is 9.78 Å². The highest BCUT2D eigenvalue weighted by molar-refractivity contribution is 6.35. The third kappa shape index (κ3) is 1.24. The molecule has 1 heterocycles. The van der Waals surface area contributed by atoms with E-state index >= 15 is 0 Å². The van der Waals surface area contributed by atoms with Crippen LogP contribution in [0.4, 0.5) is 0 Å². The maximum Gasteiger partial charge on any atom is 0.326 e. The number of nitrogens with one attached hydrogen (secondary N) is 2. The first-order valence-electron chi connectivity index (χ1n) is 4.01. The topological polar surface area (TPSA) is 65.7 Å². The molecule has 0 saturated carbocycles. The van der Waals surface area contributed by atoms with Crippen molar-refractivity contribution in [3.05, 3.63) is 43.6 Å². The van der Waals surface area contributed by atoms with E-state index in [0.717, 1.165) is 5.56 Å². The maximum absolute atomic E-state index is 11.4. The van der Waals surface area contributed by atoms with Crippen LogP contribution in [0, 0.1) is 6.92 Å². The Balaban J connectivity index is 3.16. The quantitative estimate of drug-likeness (QED) is 0.686. The second-order valence-corrected chi connectivity index (χ2v) is 3.43. The van der Waals surface area contributed by atoms with Crippen LogP contribution in [0.5, 0.6) is 0 Å². The lowest BCUT2D eigenvalue weighted by molar-refractivity contribution is 1.08. The number of aromatic amines is 2. The van der Waals surface area contributed by atoms with Gasteiger partial charge in [-0.1, -0.05) is 17.7 Å². The number of fused-ring (bicyclic) bond motifs is 1. The fourth-order valence-electron chi connectivity index (χ4n) is 1.41. The summed E-state index contributed by atoms with van der Waals surface area (Å²) in [4.78, 5) is 27.1. The van der Waals surface area contributed by atoms with E-state index in [4.69, 9.17) is 11.6 Å². The van der Waals surface area contributed by atoms with Gasteiger partial charge in [-0.2, -0.15) is 0 Å². The molecule has 2 aromatic rings. The van der Waals surface area contributed by atoms with Crippen molar-refractivity contribution < 1.29 is 0 Å². The standard InChI is InChI=1S/C9H7ClN2O2/c1-4-2-3-5(10)7-6(4)8(13)12-9(14)11-7/h2-3H,1H3,(H2,11,12,13,14). The van der Waals surface area contributed by atoms with Gasteiger partial charge in [-0.05, 0) is 18.6 Å². The summed E-state index contributed by atoms with van der Waals surface area (Å²) in [5, 5.41) is 0.797. The smallest absolute Gasteiger partial charge is 0.305 e. The molecule has 0 fully saturated rings. The number of rotatable bonds is 0. The van der Waals surface area contributed by atoms with Crippen molar-refractivity contribution in [2.24, 2.45) is 0 Å². The molecule has 0 aliphatic rings. The molecule has 0 amide bonds. The normalized spacial score (nSPS) is 10.7. The summed E-state index contributed by atoms with van der Waals surface area (Å²) >= 11 is 5.85. The van der Waals surface area contributed by atoms with Crippen LogP contribution in [0.1, 0.15) is 5.56 Å². The van der Waals surface area contributed by atoms with Gasteiger partial charge < -0.3 is 4.98 Å². The molecule has 14 heavy (non-hydrogen) atoms. The Kier molecular flexibility index (Phi) is 1.93. The third-order valence-electron chi connectivity index (χ3n) is 2.06. The second kappa shape index (κ2) is 2.99. The monoisotopic (exact) mass is 210 g/mol. The van der Waals surface area contributed by atoms with Crippen molar-refractivity contribution in [1.29, 1.82) is 0 Å². The van der Waals surface area contributed by atoms with Crippen LogP contribution >= 0.6 is 11.6 Å². The number of hydrogen-bond acceptors (Lipinski definition) is 2. The molecule has 72 valence electrons. The largest absolute Gasteiger partial charge is 0.326 e. The molecule has 0 bridgehead atoms. The van der Waals surface area contributed by atoms with Crippen molar-refractivity contribution in [2.45, 2.75) is 6.92 Å². The Morgan fingerprint density at radius 3 is 2.64 bits per heavy atom. The summed E-state index contributed by atoms with van der Waals surface area (Å²) < 4.78 is 0. The first kappa shape index (κ1) is 9.02. The lowest BCUT2D eigenvalue weighted by Gasteiger charge is -2.01. The summed E-state index contributed by atoms with van der Waals surface area (Å²) in [7, 11) is 0. The Bertz CT molecular complexity index is 612. The van der Waals surface area contributed by atoms with Crippen LogP contribution in [-0.4, -0.2) is 9.97 Å². The average Bonchev–Trinajstić information content (AvgIpc) is 2.10. The molecule has 1 aromatic heterocycles. The molecule has 2 N–H and O–H groups in total. The van der Waals surface area contributed by atoms with E-state index in [2.05, 4.69) is 9.97 Å². The molecule has 0 saturated heterocycles. The molecule has 5 heteroatoms. The number of halogens is 1. The van der Waals surface area contributed by atoms with Gasteiger partial charge >= 0.3 is 5.69 Å². The SMILES string of the molecule is Cc1ccc(Cl)c2[nH]c(=O)[nH]c(=O)c12. The van der Waals surface area contributed by atoms with Crippen LogP contribution in [0.2, 0.25) is 5.02 Å². The first-order chi connectivity index (χ1) is 6.59. The molecule has 0 aliphatic heterocycles. The van der Waals surface area contributed by atoms with E-state index in [-0.39, 0.29) is 0 Å². The molecule has 0 aliphatic carbocycles. The molecule has 0 atom stereocenters. The second-order valence-electron chi connectivity index (χ2n) is 3.02. The summed E-state index contributed by atoms with van der Waals surface area (Å²) in [6.07, 6.45) is 0. The lowest BCUT2D eigenvalue weighted by atomic mass is 10.1. The van der Waals surface area contributed by atoms with E-state index < -0.39 is 11.2 Å². The highest BCUT2D eigenvalue weighted by atomic mass is 35.5. The molecular formula is C9H7ClN2O2. The summed E-state index contributed by atoms with van der Waals surface area (Å²) in [6.45, 7) is 1.78. The average molecular weight is 211 g/mol. The lowest BCUT2D eigenvalue weighted by Crippen LogP contribution is -2.22. The van der Waals surface area contributed by atoms with Crippen molar-refractivity contribution >= 4 is 22.5 Å². The van der Waals surface area contributed by atoms with Gasteiger partial charge in [0.25, 0.3) is 5.56 Å². The fraction of sp³-hybridized carbons (Fsp3) is 0.111. The minimum atomic E-state index is -0.546. The molecule has 0 spiro atoms. The Morgan fingerprint density at radius 2 is 1.93 bits per heavy atom. The predicted octanol–water partition coefficient (Wildman–Crippen LogP) is 1.18. The number of H-pyrrole nitrogens is 2. The van der Waals surface area contributed by atoms with Gasteiger partial charge in [-0.15, -0.1) is 0 Å². The molecule has 2 rings (SSSR count). The number of aryl methyl sites for hydroxylation is 1. The fourth-order valence-corrected chi connectivity index (χ4v) is 1.61. The van der Waals surface area contributed by atoms with Crippen LogP contribution in [-0.2, 0) is 0 Å². The van der Waals surface area contributed by atoms with Crippen LogP contribution in [0.25, 0.3) is 10.9 Å². The van der Waals surface area contributed by atoms with Crippen molar-refractivity contribution in [1.82, 2.24) is 9.97 Å². The zero-order chi connectivity index (χ0) is 10.3. The van der Waals surface area contributed by atoms with Crippen LogP contribution in [0.15, 0.2) is 21.7 Å². The van der Waals surface area contributed by atoms with Gasteiger partial charge in [0.2, 0.25) is 0 Å². The number of aromatic nitrogens is 2. The first-order valence-corrected chi connectivity index (χ1v) is 4.39. The van der Waals surface area contributed by atoms with E-state index in [1.165, 1.54) is 0 Å². The van der Waals surface area contributed by atoms with Crippen LogP contribution in [0.3, 0.4) is 0 Å². The van der Waals surface area contributed by atoms with E-state index in [9.17, 15) is 9.59 Å². The van der Waals surface area contributed by atoms with Gasteiger partial charge in [0.15, 0.2) is 0 Å². The number of hydrogen-bond donors (Lipinski definition) is 2. The minimum Gasteiger partial charge on any atom is -0.305 e. The molecule has 0 radical (unpaired) electrons. The van der Waals surface area contributed by atoms with Crippen molar-refractivity contribution in [3.8, 4) is 0 Å². The van der Waals surface area contributed by atoms with Gasteiger partial charge in [0.1, 0.15) is 0 Å². The zero-order valence-corrected chi connectivity index (χ0v) is 8.11. The molecule has 0 unspecified atom stereocenters. The molecular weight excluding hydrogens is 204 g/mol. The molecule has 1 aromatic carbocycles. The highest BCUT2D eigenvalue weighted by Gasteiger charge is 2.06. The summed E-state index contributed by atoms with van der Waals surface area (Å²) in [6, 6.07) is 3.38. The van der Waals surface area contributed by atoms with Gasteiger partial charge in [0, 0.05) is 0 Å². The zero-order valence-electron chi connectivity index (χ0n) is 7.35. The van der Waals surface area contributed by atoms with Crippen molar-refractivity contribution in [2.75, 3.05) is 0 Å². The van der Waals surface area contributed by atoms with E-state index in [1.807, 2.05) is 0 Å². The predicted molar refractivity (Wildman–Crippen MR) is 54.9 cm³/mol. The Hall–Kier alpha value is -1.55. The Labute approximate surface area is 83.5 Å². The van der Waals surface area contributed by atoms with Gasteiger partial charge in [-0.25, -0.2) is 4.79 Å². The number of benzene rings is 1. The highest BCUT2D eigenvalue weighted by Crippen LogP contribution is 2.20. The molecule has 4 nitrogen and oxygen atoms in total. The van der Waals surface area contributed by atoms with E-state index in [1.54, 1.807) is 19.1 Å². The Morgan fingerprint density at radius 1 is 1.21 bits per heavy atom. The summed E-state index contributed by atoms with van der Waals surface area (Å²) in [5.41, 5.74) is 0.209. The van der Waals surface area contributed by atoms with Crippen LogP contribution < -0.4 is 11.2 Å². The summed E-state index contributed by atoms with van der Waals surface area (Å²) in [5.74, 6) is 0.